The van der Waals surface area contributed by atoms with Crippen LogP contribution in [-0.4, -0.2) is 37.6 Å². The van der Waals surface area contributed by atoms with Crippen LogP contribution in [0, 0.1) is 0 Å². The Bertz CT molecular complexity index is 488. The summed E-state index contributed by atoms with van der Waals surface area (Å²) in [6, 6.07) is 7.55. The second-order valence-electron chi connectivity index (χ2n) is 7.46. The molecule has 2 N–H and O–H groups in total. The highest BCUT2D eigenvalue weighted by Crippen LogP contribution is 2.28. The van der Waals surface area contributed by atoms with Crippen LogP contribution in [0.4, 0.5) is 11.4 Å². The van der Waals surface area contributed by atoms with Crippen LogP contribution in [0.1, 0.15) is 56.9 Å². The molecule has 3 heteroatoms. The maximum Gasteiger partial charge on any atom is 0.0600 e. The van der Waals surface area contributed by atoms with Crippen molar-refractivity contribution in [2.75, 3.05) is 37.3 Å². The SMILES string of the molecule is CN(CCCc1ccc(N2CCCC2)c(N)c1)C1CCCCC1. The minimum Gasteiger partial charge on any atom is -0.397 e. The summed E-state index contributed by atoms with van der Waals surface area (Å²) in [7, 11) is 2.31. The van der Waals surface area contributed by atoms with Crippen molar-refractivity contribution >= 4 is 11.4 Å². The van der Waals surface area contributed by atoms with Gasteiger partial charge in [0.05, 0.1) is 11.4 Å². The lowest BCUT2D eigenvalue weighted by Crippen LogP contribution is -2.34. The smallest absolute Gasteiger partial charge is 0.0600 e. The molecule has 1 aliphatic carbocycles. The van der Waals surface area contributed by atoms with Gasteiger partial charge in [0, 0.05) is 19.1 Å². The minimum absolute atomic E-state index is 0.825. The fraction of sp³-hybridized carbons (Fsp3) is 0.700. The minimum atomic E-state index is 0.825. The number of nitrogens with two attached hydrogens (primary N) is 1. The zero-order chi connectivity index (χ0) is 16.1. The molecule has 1 aromatic carbocycles. The maximum absolute atomic E-state index is 6.30. The third-order valence-corrected chi connectivity index (χ3v) is 5.71. The Labute approximate surface area is 141 Å². The molecular formula is C20H33N3. The van der Waals surface area contributed by atoms with Crippen LogP contribution in [-0.2, 0) is 6.42 Å². The Morgan fingerprint density at radius 1 is 1.09 bits per heavy atom. The molecule has 0 atom stereocenters. The quantitative estimate of drug-likeness (QED) is 0.803. The number of rotatable bonds is 6. The van der Waals surface area contributed by atoms with Gasteiger partial charge in [0.25, 0.3) is 0 Å². The van der Waals surface area contributed by atoms with Gasteiger partial charge in [0.1, 0.15) is 0 Å². The zero-order valence-electron chi connectivity index (χ0n) is 14.8. The van der Waals surface area contributed by atoms with E-state index in [-0.39, 0.29) is 0 Å². The number of anilines is 2. The molecule has 1 aromatic rings. The highest BCUT2D eigenvalue weighted by atomic mass is 15.2. The Kier molecular flexibility index (Phi) is 5.82. The molecule has 23 heavy (non-hydrogen) atoms. The van der Waals surface area contributed by atoms with E-state index in [1.165, 1.54) is 69.2 Å². The molecule has 128 valence electrons. The van der Waals surface area contributed by atoms with Crippen molar-refractivity contribution in [2.24, 2.45) is 0 Å². The molecule has 2 fully saturated rings. The molecular weight excluding hydrogens is 282 g/mol. The number of nitrogen functional groups attached to an aromatic ring is 1. The summed E-state index contributed by atoms with van der Waals surface area (Å²) in [5.41, 5.74) is 9.89. The zero-order valence-corrected chi connectivity index (χ0v) is 14.8. The number of hydrogen-bond donors (Lipinski definition) is 1. The largest absolute Gasteiger partial charge is 0.397 e. The van der Waals surface area contributed by atoms with Gasteiger partial charge in [-0.3, -0.25) is 0 Å². The summed E-state index contributed by atoms with van der Waals surface area (Å²) in [6.07, 6.45) is 12.0. The van der Waals surface area contributed by atoms with Crippen molar-refractivity contribution < 1.29 is 0 Å². The summed E-state index contributed by atoms with van der Waals surface area (Å²) in [4.78, 5) is 5.01. The summed E-state index contributed by atoms with van der Waals surface area (Å²) < 4.78 is 0. The molecule has 1 aliphatic heterocycles. The molecule has 1 heterocycles. The predicted molar refractivity (Wildman–Crippen MR) is 100 cm³/mol. The molecule has 2 aliphatic rings. The lowest BCUT2D eigenvalue weighted by molar-refractivity contribution is 0.190. The monoisotopic (exact) mass is 315 g/mol. The van der Waals surface area contributed by atoms with Gasteiger partial charge in [-0.15, -0.1) is 0 Å². The van der Waals surface area contributed by atoms with Crippen molar-refractivity contribution in [1.29, 1.82) is 0 Å². The summed E-state index contributed by atoms with van der Waals surface area (Å²) in [6.45, 7) is 3.53. The molecule has 0 amide bonds. The standard InChI is InChI=1S/C20H33N3/c1-22(18-9-3-2-4-10-18)13-7-8-17-11-12-20(19(21)16-17)23-14-5-6-15-23/h11-12,16,18H,2-10,13-15,21H2,1H3. The van der Waals surface area contributed by atoms with Crippen LogP contribution in [0.25, 0.3) is 0 Å². The summed E-state index contributed by atoms with van der Waals surface area (Å²) in [5, 5.41) is 0. The van der Waals surface area contributed by atoms with E-state index in [0.29, 0.717) is 0 Å². The van der Waals surface area contributed by atoms with Crippen LogP contribution in [0.5, 0.6) is 0 Å². The first-order valence-corrected chi connectivity index (χ1v) is 9.57. The van der Waals surface area contributed by atoms with E-state index >= 15 is 0 Å². The first kappa shape index (κ1) is 16.6. The van der Waals surface area contributed by atoms with Crippen molar-refractivity contribution in [3.63, 3.8) is 0 Å². The highest BCUT2D eigenvalue weighted by molar-refractivity contribution is 5.68. The molecule has 1 saturated heterocycles. The molecule has 0 bridgehead atoms. The third-order valence-electron chi connectivity index (χ3n) is 5.71. The van der Waals surface area contributed by atoms with Gasteiger partial charge in [-0.1, -0.05) is 25.3 Å². The molecule has 0 aromatic heterocycles. The van der Waals surface area contributed by atoms with Crippen LogP contribution >= 0.6 is 0 Å². The van der Waals surface area contributed by atoms with E-state index in [1.54, 1.807) is 0 Å². The van der Waals surface area contributed by atoms with Crippen LogP contribution in [0.15, 0.2) is 18.2 Å². The van der Waals surface area contributed by atoms with Crippen LogP contribution in [0.2, 0.25) is 0 Å². The lowest BCUT2D eigenvalue weighted by atomic mass is 9.94. The molecule has 1 saturated carbocycles. The molecule has 3 rings (SSSR count). The molecule has 0 unspecified atom stereocenters. The second kappa shape index (κ2) is 8.05. The molecule has 0 radical (unpaired) electrons. The highest BCUT2D eigenvalue weighted by Gasteiger charge is 2.18. The Morgan fingerprint density at radius 2 is 1.83 bits per heavy atom. The molecule has 0 spiro atoms. The van der Waals surface area contributed by atoms with E-state index in [9.17, 15) is 0 Å². The Balaban J connectivity index is 1.47. The average Bonchev–Trinajstić information content (AvgIpc) is 3.10. The average molecular weight is 316 g/mol. The summed E-state index contributed by atoms with van der Waals surface area (Å²) >= 11 is 0. The van der Waals surface area contributed by atoms with Crippen molar-refractivity contribution in [3.8, 4) is 0 Å². The van der Waals surface area contributed by atoms with Crippen LogP contribution in [0.3, 0.4) is 0 Å². The normalized spacial score (nSPS) is 19.7. The van der Waals surface area contributed by atoms with Crippen LogP contribution < -0.4 is 10.6 Å². The topological polar surface area (TPSA) is 32.5 Å². The third kappa shape index (κ3) is 4.41. The van der Waals surface area contributed by atoms with Gasteiger partial charge in [-0.05, 0) is 69.8 Å². The first-order valence-electron chi connectivity index (χ1n) is 9.57. The van der Waals surface area contributed by atoms with Crippen molar-refractivity contribution in [3.05, 3.63) is 23.8 Å². The fourth-order valence-corrected chi connectivity index (χ4v) is 4.24. The molecule has 3 nitrogen and oxygen atoms in total. The maximum atomic E-state index is 6.30. The van der Waals surface area contributed by atoms with Gasteiger partial charge in [-0.25, -0.2) is 0 Å². The number of benzene rings is 1. The predicted octanol–water partition coefficient (Wildman–Crippen LogP) is 4.07. The number of hydrogen-bond acceptors (Lipinski definition) is 3. The van der Waals surface area contributed by atoms with Gasteiger partial charge in [0.15, 0.2) is 0 Å². The van der Waals surface area contributed by atoms with E-state index in [2.05, 4.69) is 35.0 Å². The van der Waals surface area contributed by atoms with E-state index in [4.69, 9.17) is 5.73 Å². The van der Waals surface area contributed by atoms with E-state index in [1.807, 2.05) is 0 Å². The van der Waals surface area contributed by atoms with Gasteiger partial charge >= 0.3 is 0 Å². The fourth-order valence-electron chi connectivity index (χ4n) is 4.24. The Morgan fingerprint density at radius 3 is 2.52 bits per heavy atom. The lowest BCUT2D eigenvalue weighted by Gasteiger charge is -2.31. The van der Waals surface area contributed by atoms with Crippen molar-refractivity contribution in [2.45, 2.75) is 63.8 Å². The Hall–Kier alpha value is -1.22. The van der Waals surface area contributed by atoms with E-state index in [0.717, 1.165) is 31.2 Å². The van der Waals surface area contributed by atoms with Gasteiger partial charge < -0.3 is 15.5 Å². The van der Waals surface area contributed by atoms with Crippen molar-refractivity contribution in [1.82, 2.24) is 4.90 Å². The first-order chi connectivity index (χ1) is 11.2. The number of aryl methyl sites for hydroxylation is 1. The summed E-state index contributed by atoms with van der Waals surface area (Å²) in [5.74, 6) is 0. The second-order valence-corrected chi connectivity index (χ2v) is 7.46. The van der Waals surface area contributed by atoms with Gasteiger partial charge in [0.2, 0.25) is 0 Å². The number of nitrogens with zero attached hydrogens (tertiary/aromatic N) is 2. The van der Waals surface area contributed by atoms with Gasteiger partial charge in [-0.2, -0.15) is 0 Å². The van der Waals surface area contributed by atoms with E-state index < -0.39 is 0 Å².